The van der Waals surface area contributed by atoms with Gasteiger partial charge in [0.15, 0.2) is 0 Å². The number of rotatable bonds is 6. The fraction of sp³-hybridized carbons (Fsp3) is 0.429. The number of sulfonamides is 1. The number of nitrogens with two attached hydrogens (primary N) is 1. The van der Waals surface area contributed by atoms with Crippen LogP contribution in [0.2, 0.25) is 0 Å². The van der Waals surface area contributed by atoms with Crippen LogP contribution >= 0.6 is 0 Å². The van der Waals surface area contributed by atoms with E-state index in [4.69, 9.17) is 10.5 Å². The molecule has 20 heavy (non-hydrogen) atoms. The van der Waals surface area contributed by atoms with Crippen molar-refractivity contribution in [3.05, 3.63) is 29.8 Å². The first-order valence-electron chi connectivity index (χ1n) is 6.28. The lowest BCUT2D eigenvalue weighted by atomic mass is 10.2. The summed E-state index contributed by atoms with van der Waals surface area (Å²) in [6.45, 7) is 2.91. The quantitative estimate of drug-likeness (QED) is 0.752. The van der Waals surface area contributed by atoms with Crippen molar-refractivity contribution in [2.45, 2.75) is 11.8 Å². The molecule has 1 aromatic carbocycles. The van der Waals surface area contributed by atoms with Crippen molar-refractivity contribution in [2.75, 3.05) is 26.8 Å². The zero-order valence-corrected chi connectivity index (χ0v) is 12.5. The molecule has 1 unspecified atom stereocenters. The van der Waals surface area contributed by atoms with Gasteiger partial charge < -0.3 is 10.5 Å². The van der Waals surface area contributed by atoms with Crippen LogP contribution in [0.25, 0.3) is 0 Å². The number of hydrogen-bond donors (Lipinski definition) is 2. The molecule has 0 aliphatic rings. The molecule has 3 N–H and O–H groups in total. The van der Waals surface area contributed by atoms with Crippen molar-refractivity contribution in [1.82, 2.24) is 4.72 Å². The maximum absolute atomic E-state index is 12.3. The molecule has 5 nitrogen and oxygen atoms in total. The van der Waals surface area contributed by atoms with Crippen LogP contribution in [-0.2, 0) is 14.8 Å². The summed E-state index contributed by atoms with van der Waals surface area (Å²) >= 11 is 0. The Hall–Kier alpha value is -1.39. The monoisotopic (exact) mass is 296 g/mol. The van der Waals surface area contributed by atoms with Gasteiger partial charge in [0.2, 0.25) is 10.0 Å². The third-order valence-electron chi connectivity index (χ3n) is 2.57. The van der Waals surface area contributed by atoms with Gasteiger partial charge in [-0.15, -0.1) is 0 Å². The summed E-state index contributed by atoms with van der Waals surface area (Å²) in [5.41, 5.74) is 5.76. The van der Waals surface area contributed by atoms with Crippen LogP contribution in [0.1, 0.15) is 12.5 Å². The number of ether oxygens (including phenoxy) is 1. The van der Waals surface area contributed by atoms with Crippen LogP contribution in [0.5, 0.6) is 0 Å². The summed E-state index contributed by atoms with van der Waals surface area (Å²) in [5.74, 6) is 5.54. The fourth-order valence-electron chi connectivity index (χ4n) is 1.62. The Morgan fingerprint density at radius 2 is 2.10 bits per heavy atom. The second-order valence-corrected chi connectivity index (χ2v) is 6.15. The van der Waals surface area contributed by atoms with E-state index in [9.17, 15) is 8.42 Å². The lowest BCUT2D eigenvalue weighted by molar-refractivity contribution is 0.161. The summed E-state index contributed by atoms with van der Waals surface area (Å²) < 4.78 is 32.1. The topological polar surface area (TPSA) is 81.4 Å². The van der Waals surface area contributed by atoms with Gasteiger partial charge in [-0.3, -0.25) is 0 Å². The second kappa shape index (κ2) is 8.02. The maximum atomic E-state index is 12.3. The molecule has 0 radical (unpaired) electrons. The smallest absolute Gasteiger partial charge is 0.241 e. The van der Waals surface area contributed by atoms with Crippen molar-refractivity contribution in [1.29, 1.82) is 0 Å². The van der Waals surface area contributed by atoms with Gasteiger partial charge in [0.1, 0.15) is 0 Å². The van der Waals surface area contributed by atoms with Gasteiger partial charge in [0.25, 0.3) is 0 Å². The molecular weight excluding hydrogens is 276 g/mol. The summed E-state index contributed by atoms with van der Waals surface area (Å²) in [6, 6.07) is 6.60. The standard InChI is InChI=1S/C14H20N2O3S/c1-12(11-19-2)10-16-20(17,18)14-8-4-3-6-13(14)7-5-9-15/h3-4,6,8,12,16H,9-11,15H2,1-2H3. The number of hydrogen-bond acceptors (Lipinski definition) is 4. The number of benzene rings is 1. The molecule has 0 amide bonds. The molecule has 0 saturated carbocycles. The molecule has 0 aliphatic heterocycles. The minimum absolute atomic E-state index is 0.0945. The molecule has 0 spiro atoms. The first kappa shape index (κ1) is 16.7. The van der Waals surface area contributed by atoms with E-state index in [1.807, 2.05) is 6.92 Å². The lowest BCUT2D eigenvalue weighted by Gasteiger charge is -2.12. The normalized spacial score (nSPS) is 12.6. The van der Waals surface area contributed by atoms with Gasteiger partial charge >= 0.3 is 0 Å². The predicted molar refractivity (Wildman–Crippen MR) is 78.6 cm³/mol. The van der Waals surface area contributed by atoms with Gasteiger partial charge in [0, 0.05) is 25.8 Å². The molecular formula is C14H20N2O3S. The molecule has 0 aromatic heterocycles. The van der Waals surface area contributed by atoms with Crippen LogP contribution in [0.4, 0.5) is 0 Å². The summed E-state index contributed by atoms with van der Waals surface area (Å²) in [5, 5.41) is 0. The minimum Gasteiger partial charge on any atom is -0.384 e. The first-order valence-corrected chi connectivity index (χ1v) is 7.76. The molecule has 6 heteroatoms. The molecule has 0 saturated heterocycles. The molecule has 1 aromatic rings. The highest BCUT2D eigenvalue weighted by Gasteiger charge is 2.18. The summed E-state index contributed by atoms with van der Waals surface area (Å²) in [4.78, 5) is 0.172. The van der Waals surface area contributed by atoms with Gasteiger partial charge in [-0.2, -0.15) is 0 Å². The molecule has 1 rings (SSSR count). The third-order valence-corrected chi connectivity index (χ3v) is 4.06. The first-order chi connectivity index (χ1) is 9.51. The van der Waals surface area contributed by atoms with Crippen molar-refractivity contribution in [3.8, 4) is 11.8 Å². The largest absolute Gasteiger partial charge is 0.384 e. The molecule has 0 heterocycles. The van der Waals surface area contributed by atoms with Crippen LogP contribution in [0.15, 0.2) is 29.2 Å². The van der Waals surface area contributed by atoms with Crippen LogP contribution < -0.4 is 10.5 Å². The minimum atomic E-state index is -3.58. The average molecular weight is 296 g/mol. The van der Waals surface area contributed by atoms with Crippen molar-refractivity contribution in [3.63, 3.8) is 0 Å². The van der Waals surface area contributed by atoms with E-state index < -0.39 is 10.0 Å². The van der Waals surface area contributed by atoms with E-state index in [0.717, 1.165) is 0 Å². The van der Waals surface area contributed by atoms with Crippen molar-refractivity contribution in [2.24, 2.45) is 11.7 Å². The molecule has 1 atom stereocenters. The Kier molecular flexibility index (Phi) is 6.68. The Morgan fingerprint density at radius 3 is 2.75 bits per heavy atom. The molecule has 0 fully saturated rings. The van der Waals surface area contributed by atoms with E-state index >= 15 is 0 Å². The Labute approximate surface area is 120 Å². The maximum Gasteiger partial charge on any atom is 0.241 e. The lowest BCUT2D eigenvalue weighted by Crippen LogP contribution is -2.30. The molecule has 110 valence electrons. The van der Waals surface area contributed by atoms with E-state index in [0.29, 0.717) is 18.7 Å². The van der Waals surface area contributed by atoms with Gasteiger partial charge in [0.05, 0.1) is 11.4 Å². The van der Waals surface area contributed by atoms with E-state index in [2.05, 4.69) is 16.6 Å². The van der Waals surface area contributed by atoms with Crippen molar-refractivity contribution >= 4 is 10.0 Å². The Balaban J connectivity index is 2.92. The van der Waals surface area contributed by atoms with Gasteiger partial charge in [-0.25, -0.2) is 13.1 Å². The Morgan fingerprint density at radius 1 is 1.40 bits per heavy atom. The van der Waals surface area contributed by atoms with Crippen LogP contribution in [-0.4, -0.2) is 35.2 Å². The number of nitrogens with one attached hydrogen (secondary N) is 1. The highest BCUT2D eigenvalue weighted by molar-refractivity contribution is 7.89. The summed E-state index contributed by atoms with van der Waals surface area (Å²) in [7, 11) is -2.00. The highest BCUT2D eigenvalue weighted by Crippen LogP contribution is 2.14. The van der Waals surface area contributed by atoms with E-state index in [-0.39, 0.29) is 17.4 Å². The van der Waals surface area contributed by atoms with Crippen LogP contribution in [0.3, 0.4) is 0 Å². The van der Waals surface area contributed by atoms with E-state index in [1.54, 1.807) is 25.3 Å². The van der Waals surface area contributed by atoms with Gasteiger partial charge in [-0.05, 0) is 18.1 Å². The molecule has 0 aliphatic carbocycles. The SMILES string of the molecule is COCC(C)CNS(=O)(=O)c1ccccc1C#CCN. The predicted octanol–water partition coefficient (Wildman–Crippen LogP) is 0.558. The average Bonchev–Trinajstić information content (AvgIpc) is 2.44. The van der Waals surface area contributed by atoms with E-state index in [1.165, 1.54) is 6.07 Å². The zero-order valence-electron chi connectivity index (χ0n) is 11.7. The zero-order chi connectivity index (χ0) is 15.0. The Bertz CT molecular complexity index is 588. The summed E-state index contributed by atoms with van der Waals surface area (Å²) in [6.07, 6.45) is 0. The second-order valence-electron chi connectivity index (χ2n) is 4.41. The fourth-order valence-corrected chi connectivity index (χ4v) is 2.95. The molecule has 0 bridgehead atoms. The van der Waals surface area contributed by atoms with Gasteiger partial charge in [-0.1, -0.05) is 30.9 Å². The number of methoxy groups -OCH3 is 1. The van der Waals surface area contributed by atoms with Crippen LogP contribution in [0, 0.1) is 17.8 Å². The third kappa shape index (κ3) is 4.94. The van der Waals surface area contributed by atoms with Crippen molar-refractivity contribution < 1.29 is 13.2 Å². The highest BCUT2D eigenvalue weighted by atomic mass is 32.2.